The van der Waals surface area contributed by atoms with Gasteiger partial charge in [0.1, 0.15) is 11.6 Å². The maximum absolute atomic E-state index is 13.5. The van der Waals surface area contributed by atoms with E-state index >= 15 is 0 Å². The Kier molecular flexibility index (Phi) is 3.88. The molecule has 0 saturated carbocycles. The van der Waals surface area contributed by atoms with Crippen molar-refractivity contribution in [1.29, 1.82) is 0 Å². The van der Waals surface area contributed by atoms with E-state index in [-0.39, 0.29) is 23.8 Å². The van der Waals surface area contributed by atoms with Gasteiger partial charge in [0.15, 0.2) is 0 Å². The van der Waals surface area contributed by atoms with Gasteiger partial charge in [0.2, 0.25) is 0 Å². The zero-order valence-corrected chi connectivity index (χ0v) is 10.8. The lowest BCUT2D eigenvalue weighted by atomic mass is 9.67. The highest BCUT2D eigenvalue weighted by Gasteiger charge is 2.47. The molecule has 1 N–H and O–H groups in total. The van der Waals surface area contributed by atoms with Crippen molar-refractivity contribution < 1.29 is 19.0 Å². The van der Waals surface area contributed by atoms with Crippen LogP contribution in [0.4, 0.5) is 4.39 Å². The van der Waals surface area contributed by atoms with Crippen LogP contribution in [0.25, 0.3) is 0 Å². The van der Waals surface area contributed by atoms with Crippen LogP contribution in [0.3, 0.4) is 0 Å². The summed E-state index contributed by atoms with van der Waals surface area (Å²) in [6, 6.07) is 4.52. The fraction of sp³-hybridized carbons (Fsp3) is 0.571. The lowest BCUT2D eigenvalue weighted by Gasteiger charge is -2.47. The predicted molar refractivity (Wildman–Crippen MR) is 66.3 cm³/mol. The van der Waals surface area contributed by atoms with Crippen LogP contribution in [0.2, 0.25) is 0 Å². The van der Waals surface area contributed by atoms with Gasteiger partial charge in [-0.05, 0) is 24.1 Å². The standard InChI is InChI=1S/C14H19FO3/c1-3-10(7-16)14(8-18-9-14)12-6-11(15)4-5-13(12)17-2/h4-6,10,16H,3,7-9H2,1-2H3. The minimum atomic E-state index is -0.322. The van der Waals surface area contributed by atoms with Crippen molar-refractivity contribution in [2.45, 2.75) is 18.8 Å². The molecule has 2 rings (SSSR count). The minimum absolute atomic E-state index is 0.0574. The van der Waals surface area contributed by atoms with Crippen molar-refractivity contribution in [3.63, 3.8) is 0 Å². The van der Waals surface area contributed by atoms with Crippen LogP contribution in [0.15, 0.2) is 18.2 Å². The number of hydrogen-bond donors (Lipinski definition) is 1. The van der Waals surface area contributed by atoms with Gasteiger partial charge in [0.25, 0.3) is 0 Å². The summed E-state index contributed by atoms with van der Waals surface area (Å²) < 4.78 is 24.1. The Morgan fingerprint density at radius 3 is 2.67 bits per heavy atom. The fourth-order valence-electron chi connectivity index (χ4n) is 2.70. The molecular formula is C14H19FO3. The molecule has 1 fully saturated rings. The summed E-state index contributed by atoms with van der Waals surface area (Å²) in [6.07, 6.45) is 0.819. The SMILES string of the molecule is CCC(CO)C1(c2cc(F)ccc2OC)COC1. The van der Waals surface area contributed by atoms with Crippen molar-refractivity contribution in [3.05, 3.63) is 29.6 Å². The van der Waals surface area contributed by atoms with Gasteiger partial charge in [-0.15, -0.1) is 0 Å². The van der Waals surface area contributed by atoms with E-state index in [1.807, 2.05) is 6.92 Å². The summed E-state index contributed by atoms with van der Waals surface area (Å²) in [4.78, 5) is 0. The van der Waals surface area contributed by atoms with E-state index in [9.17, 15) is 9.50 Å². The number of benzene rings is 1. The van der Waals surface area contributed by atoms with Gasteiger partial charge >= 0.3 is 0 Å². The third kappa shape index (κ3) is 1.99. The zero-order chi connectivity index (χ0) is 13.2. The molecule has 0 aromatic heterocycles. The highest BCUT2D eigenvalue weighted by molar-refractivity contribution is 5.42. The second-order valence-corrected chi connectivity index (χ2v) is 4.78. The molecule has 1 heterocycles. The molecule has 4 heteroatoms. The van der Waals surface area contributed by atoms with Crippen LogP contribution in [0.1, 0.15) is 18.9 Å². The Morgan fingerprint density at radius 1 is 1.50 bits per heavy atom. The minimum Gasteiger partial charge on any atom is -0.496 e. The van der Waals surface area contributed by atoms with Crippen molar-refractivity contribution in [3.8, 4) is 5.75 Å². The molecule has 18 heavy (non-hydrogen) atoms. The molecular weight excluding hydrogens is 235 g/mol. The van der Waals surface area contributed by atoms with Crippen molar-refractivity contribution >= 4 is 0 Å². The normalized spacial score (nSPS) is 19.1. The molecule has 0 amide bonds. The van der Waals surface area contributed by atoms with E-state index in [1.165, 1.54) is 12.1 Å². The van der Waals surface area contributed by atoms with Crippen LogP contribution in [-0.2, 0) is 10.2 Å². The van der Waals surface area contributed by atoms with E-state index < -0.39 is 0 Å². The van der Waals surface area contributed by atoms with E-state index in [0.29, 0.717) is 19.0 Å². The first-order chi connectivity index (χ1) is 8.67. The van der Waals surface area contributed by atoms with Gasteiger partial charge in [0.05, 0.1) is 25.7 Å². The molecule has 0 aliphatic carbocycles. The lowest BCUT2D eigenvalue weighted by Crippen LogP contribution is -2.53. The highest BCUT2D eigenvalue weighted by atomic mass is 19.1. The quantitative estimate of drug-likeness (QED) is 0.874. The Labute approximate surface area is 107 Å². The smallest absolute Gasteiger partial charge is 0.123 e. The molecule has 3 nitrogen and oxygen atoms in total. The topological polar surface area (TPSA) is 38.7 Å². The van der Waals surface area contributed by atoms with Crippen LogP contribution in [-0.4, -0.2) is 32.0 Å². The molecule has 1 aliphatic rings. The van der Waals surface area contributed by atoms with Crippen LogP contribution < -0.4 is 4.74 Å². The van der Waals surface area contributed by atoms with E-state index in [4.69, 9.17) is 9.47 Å². The third-order valence-corrected chi connectivity index (χ3v) is 3.91. The van der Waals surface area contributed by atoms with Crippen molar-refractivity contribution in [2.24, 2.45) is 5.92 Å². The first kappa shape index (κ1) is 13.3. The molecule has 1 unspecified atom stereocenters. The average Bonchev–Trinajstić information content (AvgIpc) is 2.33. The molecule has 1 aromatic rings. The summed E-state index contributed by atoms with van der Waals surface area (Å²) in [7, 11) is 1.57. The molecule has 0 bridgehead atoms. The number of aliphatic hydroxyl groups excluding tert-OH is 1. The molecule has 1 aliphatic heterocycles. The molecule has 1 saturated heterocycles. The fourth-order valence-corrected chi connectivity index (χ4v) is 2.70. The summed E-state index contributed by atoms with van der Waals surface area (Å²) in [5.41, 5.74) is 0.480. The van der Waals surface area contributed by atoms with Gasteiger partial charge in [0, 0.05) is 12.2 Å². The Bertz CT molecular complexity index is 412. The monoisotopic (exact) mass is 254 g/mol. The lowest BCUT2D eigenvalue weighted by molar-refractivity contribution is -0.102. The van der Waals surface area contributed by atoms with E-state index in [2.05, 4.69) is 0 Å². The number of aliphatic hydroxyl groups is 1. The second kappa shape index (κ2) is 5.24. The number of hydrogen-bond acceptors (Lipinski definition) is 3. The largest absolute Gasteiger partial charge is 0.496 e. The van der Waals surface area contributed by atoms with Gasteiger partial charge < -0.3 is 14.6 Å². The van der Waals surface area contributed by atoms with Gasteiger partial charge in [-0.25, -0.2) is 4.39 Å². The van der Waals surface area contributed by atoms with E-state index in [0.717, 1.165) is 12.0 Å². The maximum atomic E-state index is 13.5. The van der Waals surface area contributed by atoms with Crippen LogP contribution in [0, 0.1) is 11.7 Å². The van der Waals surface area contributed by atoms with Crippen molar-refractivity contribution in [2.75, 3.05) is 26.9 Å². The number of rotatable bonds is 5. The third-order valence-electron chi connectivity index (χ3n) is 3.91. The molecule has 1 atom stereocenters. The summed E-state index contributed by atoms with van der Waals surface area (Å²) in [6.45, 7) is 3.10. The Morgan fingerprint density at radius 2 is 2.22 bits per heavy atom. The summed E-state index contributed by atoms with van der Waals surface area (Å²) >= 11 is 0. The molecule has 0 radical (unpaired) electrons. The van der Waals surface area contributed by atoms with Gasteiger partial charge in [-0.1, -0.05) is 13.3 Å². The number of ether oxygens (including phenoxy) is 2. The molecule has 1 aromatic carbocycles. The first-order valence-electron chi connectivity index (χ1n) is 6.20. The molecule has 0 spiro atoms. The maximum Gasteiger partial charge on any atom is 0.123 e. The highest BCUT2D eigenvalue weighted by Crippen LogP contribution is 2.44. The predicted octanol–water partition coefficient (Wildman–Crippen LogP) is 2.12. The number of methoxy groups -OCH3 is 1. The Hall–Kier alpha value is -1.13. The second-order valence-electron chi connectivity index (χ2n) is 4.78. The van der Waals surface area contributed by atoms with Gasteiger partial charge in [-0.2, -0.15) is 0 Å². The first-order valence-corrected chi connectivity index (χ1v) is 6.20. The zero-order valence-electron chi connectivity index (χ0n) is 10.8. The number of halogens is 1. The summed E-state index contributed by atoms with van der Waals surface area (Å²) in [5.74, 6) is 0.429. The Balaban J connectivity index is 2.46. The van der Waals surface area contributed by atoms with E-state index in [1.54, 1.807) is 13.2 Å². The molecule has 100 valence electrons. The van der Waals surface area contributed by atoms with Crippen LogP contribution >= 0.6 is 0 Å². The summed E-state index contributed by atoms with van der Waals surface area (Å²) in [5, 5.41) is 9.53. The van der Waals surface area contributed by atoms with Gasteiger partial charge in [-0.3, -0.25) is 0 Å². The van der Waals surface area contributed by atoms with Crippen molar-refractivity contribution in [1.82, 2.24) is 0 Å². The van der Waals surface area contributed by atoms with Crippen LogP contribution in [0.5, 0.6) is 5.75 Å². The average molecular weight is 254 g/mol.